The van der Waals surface area contributed by atoms with E-state index in [0.717, 1.165) is 67.0 Å². The molecule has 0 fully saturated rings. The van der Waals surface area contributed by atoms with Crippen LogP contribution in [0.1, 0.15) is 22.6 Å². The second-order valence-corrected chi connectivity index (χ2v) is 13.5. The third-order valence-electron chi connectivity index (χ3n) is 10.5. The van der Waals surface area contributed by atoms with Crippen molar-refractivity contribution < 1.29 is 8.83 Å². The minimum absolute atomic E-state index is 0.0802. The number of rotatable bonds is 4. The quantitative estimate of drug-likeness (QED) is 0.187. The summed E-state index contributed by atoms with van der Waals surface area (Å²) < 4.78 is 13.5. The van der Waals surface area contributed by atoms with Gasteiger partial charge in [-0.2, -0.15) is 0 Å². The molecule has 5 heteroatoms. The van der Waals surface area contributed by atoms with Gasteiger partial charge in [-0.05, 0) is 41.3 Å². The Labute approximate surface area is 298 Å². The molecule has 5 nitrogen and oxygen atoms in total. The van der Waals surface area contributed by atoms with Crippen LogP contribution >= 0.6 is 0 Å². The van der Waals surface area contributed by atoms with Gasteiger partial charge in [0.15, 0.2) is 17.5 Å². The first-order valence-corrected chi connectivity index (χ1v) is 17.6. The van der Waals surface area contributed by atoms with Crippen molar-refractivity contribution >= 4 is 43.9 Å². The molecule has 3 heterocycles. The molecule has 0 bridgehead atoms. The lowest BCUT2D eigenvalue weighted by Crippen LogP contribution is -2.13. The Morgan fingerprint density at radius 3 is 1.81 bits per heavy atom. The summed E-state index contributed by atoms with van der Waals surface area (Å²) >= 11 is 0. The summed E-state index contributed by atoms with van der Waals surface area (Å²) in [5, 5.41) is 4.43. The third-order valence-corrected chi connectivity index (χ3v) is 10.5. The number of furan rings is 2. The Hall–Kier alpha value is -6.85. The van der Waals surface area contributed by atoms with Crippen LogP contribution in [0, 0.1) is 0 Å². The summed E-state index contributed by atoms with van der Waals surface area (Å²) in [5.74, 6) is 1.94. The minimum atomic E-state index is 0.0802. The normalized spacial score (nSPS) is 13.9. The molecule has 0 aliphatic heterocycles. The molecule has 0 amide bonds. The number of nitrogens with zero attached hydrogens (tertiary/aromatic N) is 3. The molecule has 1 aliphatic carbocycles. The van der Waals surface area contributed by atoms with E-state index in [1.807, 2.05) is 66.7 Å². The van der Waals surface area contributed by atoms with Crippen molar-refractivity contribution in [3.8, 4) is 45.3 Å². The second kappa shape index (κ2) is 11.3. The lowest BCUT2D eigenvalue weighted by molar-refractivity contribution is 0.651. The minimum Gasteiger partial charge on any atom is -0.456 e. The van der Waals surface area contributed by atoms with Gasteiger partial charge in [-0.15, -0.1) is 0 Å². The van der Waals surface area contributed by atoms with Crippen LogP contribution in [0.15, 0.2) is 167 Å². The Morgan fingerprint density at radius 1 is 0.423 bits per heavy atom. The zero-order valence-corrected chi connectivity index (χ0v) is 28.0. The average Bonchev–Trinajstić information content (AvgIpc) is 3.79. The molecule has 0 saturated carbocycles. The number of para-hydroxylation sites is 2. The second-order valence-electron chi connectivity index (χ2n) is 13.5. The highest BCUT2D eigenvalue weighted by Gasteiger charge is 2.31. The maximum atomic E-state index is 6.87. The maximum absolute atomic E-state index is 6.87. The Kier molecular flexibility index (Phi) is 6.31. The van der Waals surface area contributed by atoms with Gasteiger partial charge in [-0.1, -0.05) is 140 Å². The van der Waals surface area contributed by atoms with E-state index in [4.69, 9.17) is 23.8 Å². The highest BCUT2D eigenvalue weighted by Crippen LogP contribution is 2.49. The average molecular weight is 668 g/mol. The van der Waals surface area contributed by atoms with Crippen LogP contribution in [0.5, 0.6) is 0 Å². The molecule has 244 valence electrons. The molecule has 0 unspecified atom stereocenters. The lowest BCUT2D eigenvalue weighted by Gasteiger charge is -2.28. The van der Waals surface area contributed by atoms with E-state index in [0.29, 0.717) is 17.5 Å². The van der Waals surface area contributed by atoms with Crippen LogP contribution in [-0.2, 0) is 6.42 Å². The first-order chi connectivity index (χ1) is 25.8. The standard InChI is InChI=1S/C47H29N3O2/c1-3-12-28(13-4-1)45-48-46(29-14-5-2-6-15-29)50-47(49-45)31-22-23-34-36-19-11-20-37(43(36)52-41(34)27-31)39-26-30-16-7-8-17-32(30)42-35(39)24-25-38-33-18-9-10-21-40(33)51-44(38)42/h1-25,27,39H,26H2/t39-/m0/s1. The fourth-order valence-electron chi connectivity index (χ4n) is 8.09. The van der Waals surface area contributed by atoms with E-state index >= 15 is 0 Å². The smallest absolute Gasteiger partial charge is 0.164 e. The van der Waals surface area contributed by atoms with Crippen molar-refractivity contribution in [2.24, 2.45) is 0 Å². The Balaban J connectivity index is 1.08. The van der Waals surface area contributed by atoms with E-state index in [1.54, 1.807) is 0 Å². The molecule has 7 aromatic carbocycles. The summed E-state index contributed by atoms with van der Waals surface area (Å²) in [6.45, 7) is 0. The van der Waals surface area contributed by atoms with E-state index in [2.05, 4.69) is 91.0 Å². The zero-order valence-electron chi connectivity index (χ0n) is 28.0. The SMILES string of the molecule is c1ccc(-c2nc(-c3ccccc3)nc(-c3ccc4c(c3)oc3c([C@H]5Cc6ccccc6-c6c5ccc5c6oc6ccccc65)cccc34)n2)cc1. The fraction of sp³-hybridized carbons (Fsp3) is 0.0426. The van der Waals surface area contributed by atoms with Crippen LogP contribution < -0.4 is 0 Å². The molecule has 0 saturated heterocycles. The van der Waals surface area contributed by atoms with Crippen molar-refractivity contribution in [3.05, 3.63) is 174 Å². The van der Waals surface area contributed by atoms with Crippen LogP contribution in [0.2, 0.25) is 0 Å². The van der Waals surface area contributed by atoms with Gasteiger partial charge in [0, 0.05) is 55.3 Å². The molecular weight excluding hydrogens is 639 g/mol. The first kappa shape index (κ1) is 28.9. The third kappa shape index (κ3) is 4.46. The van der Waals surface area contributed by atoms with Gasteiger partial charge >= 0.3 is 0 Å². The van der Waals surface area contributed by atoms with Crippen molar-refractivity contribution in [3.63, 3.8) is 0 Å². The Bertz CT molecular complexity index is 2940. The van der Waals surface area contributed by atoms with E-state index in [-0.39, 0.29) is 5.92 Å². The number of fused-ring (bicyclic) bond motifs is 10. The molecule has 3 aromatic heterocycles. The van der Waals surface area contributed by atoms with Crippen LogP contribution in [0.4, 0.5) is 0 Å². The summed E-state index contributed by atoms with van der Waals surface area (Å²) in [6, 6.07) is 54.5. The van der Waals surface area contributed by atoms with Gasteiger partial charge in [0.1, 0.15) is 22.3 Å². The molecule has 10 aromatic rings. The van der Waals surface area contributed by atoms with Crippen molar-refractivity contribution in [2.45, 2.75) is 12.3 Å². The van der Waals surface area contributed by atoms with E-state index in [1.165, 1.54) is 27.8 Å². The zero-order chi connectivity index (χ0) is 34.2. The van der Waals surface area contributed by atoms with Crippen molar-refractivity contribution in [2.75, 3.05) is 0 Å². The number of benzene rings is 7. The number of hydrogen-bond acceptors (Lipinski definition) is 5. The van der Waals surface area contributed by atoms with Crippen LogP contribution in [-0.4, -0.2) is 15.0 Å². The van der Waals surface area contributed by atoms with Crippen molar-refractivity contribution in [1.82, 2.24) is 15.0 Å². The summed E-state index contributed by atoms with van der Waals surface area (Å²) in [4.78, 5) is 14.8. The first-order valence-electron chi connectivity index (χ1n) is 17.6. The fourth-order valence-corrected chi connectivity index (χ4v) is 8.09. The molecular formula is C47H29N3O2. The molecule has 0 radical (unpaired) electrons. The molecule has 0 N–H and O–H groups in total. The van der Waals surface area contributed by atoms with E-state index < -0.39 is 0 Å². The van der Waals surface area contributed by atoms with Crippen LogP contribution in [0.3, 0.4) is 0 Å². The molecule has 11 rings (SSSR count). The Morgan fingerprint density at radius 2 is 1.02 bits per heavy atom. The largest absolute Gasteiger partial charge is 0.456 e. The van der Waals surface area contributed by atoms with Gasteiger partial charge in [0.2, 0.25) is 0 Å². The van der Waals surface area contributed by atoms with Crippen molar-refractivity contribution in [1.29, 1.82) is 0 Å². The summed E-state index contributed by atoms with van der Waals surface area (Å²) in [6.07, 6.45) is 0.867. The van der Waals surface area contributed by atoms with Gasteiger partial charge in [0.25, 0.3) is 0 Å². The number of hydrogen-bond donors (Lipinski definition) is 0. The topological polar surface area (TPSA) is 65.0 Å². The predicted octanol–water partition coefficient (Wildman–Crippen LogP) is 12.0. The summed E-state index contributed by atoms with van der Waals surface area (Å²) in [7, 11) is 0. The summed E-state index contributed by atoms with van der Waals surface area (Å²) in [5.41, 5.74) is 12.4. The molecule has 1 aliphatic rings. The van der Waals surface area contributed by atoms with Gasteiger partial charge in [-0.3, -0.25) is 0 Å². The highest BCUT2D eigenvalue weighted by molar-refractivity contribution is 6.11. The maximum Gasteiger partial charge on any atom is 0.164 e. The van der Waals surface area contributed by atoms with Gasteiger partial charge in [0.05, 0.1) is 0 Å². The predicted molar refractivity (Wildman–Crippen MR) is 208 cm³/mol. The molecule has 0 spiro atoms. The lowest BCUT2D eigenvalue weighted by atomic mass is 9.75. The molecule has 1 atom stereocenters. The van der Waals surface area contributed by atoms with Crippen LogP contribution in [0.25, 0.3) is 89.2 Å². The van der Waals surface area contributed by atoms with Gasteiger partial charge in [-0.25, -0.2) is 15.0 Å². The monoisotopic (exact) mass is 667 g/mol. The highest BCUT2D eigenvalue weighted by atomic mass is 16.3. The van der Waals surface area contributed by atoms with E-state index in [9.17, 15) is 0 Å². The molecule has 52 heavy (non-hydrogen) atoms. The number of aromatic nitrogens is 3. The van der Waals surface area contributed by atoms with Gasteiger partial charge < -0.3 is 8.83 Å².